The number of hydrogen-bond acceptors (Lipinski definition) is 3. The summed E-state index contributed by atoms with van der Waals surface area (Å²) in [5, 5.41) is 0. The molecule has 0 atom stereocenters. The fourth-order valence-electron chi connectivity index (χ4n) is 1.85. The van der Waals surface area contributed by atoms with Gasteiger partial charge in [0.05, 0.1) is 0 Å². The van der Waals surface area contributed by atoms with Gasteiger partial charge in [-0.1, -0.05) is 26.0 Å². The van der Waals surface area contributed by atoms with Gasteiger partial charge in [0, 0.05) is 25.3 Å². The van der Waals surface area contributed by atoms with Crippen LogP contribution in [0.15, 0.2) is 24.3 Å². The number of hydrogen-bond donors (Lipinski definition) is 1. The predicted molar refractivity (Wildman–Crippen MR) is 78.9 cm³/mol. The molecule has 1 aromatic rings. The molecule has 1 aromatic heterocycles. The molecular formula is C15H25N3. The van der Waals surface area contributed by atoms with Crippen molar-refractivity contribution in [2.24, 2.45) is 5.73 Å². The standard InChI is InChI=1S/C15H25N3/c1-6-18(10-11(2)3)15-8-13(9-16)7-14(17-15)12(4)5/h7-8,12H,2,6,9-10,16H2,1,3-5H3. The Bertz CT molecular complexity index is 410. The van der Waals surface area contributed by atoms with E-state index in [2.05, 4.69) is 44.4 Å². The molecule has 0 radical (unpaired) electrons. The second kappa shape index (κ2) is 6.55. The molecule has 0 aliphatic carbocycles. The first-order chi connectivity index (χ1) is 8.47. The maximum absolute atomic E-state index is 5.77. The minimum atomic E-state index is 0.416. The number of rotatable bonds is 6. The molecule has 1 heterocycles. The number of aromatic nitrogens is 1. The van der Waals surface area contributed by atoms with Crippen molar-refractivity contribution in [3.63, 3.8) is 0 Å². The number of nitrogens with zero attached hydrogens (tertiary/aromatic N) is 2. The molecule has 0 aliphatic heterocycles. The van der Waals surface area contributed by atoms with E-state index in [1.807, 2.05) is 6.92 Å². The molecule has 0 saturated carbocycles. The molecule has 100 valence electrons. The van der Waals surface area contributed by atoms with Crippen molar-refractivity contribution in [1.29, 1.82) is 0 Å². The lowest BCUT2D eigenvalue weighted by Gasteiger charge is -2.24. The summed E-state index contributed by atoms with van der Waals surface area (Å²) in [5.41, 5.74) is 9.16. The molecule has 0 spiro atoms. The largest absolute Gasteiger partial charge is 0.353 e. The number of pyridine rings is 1. The third kappa shape index (κ3) is 3.84. The minimum absolute atomic E-state index is 0.416. The zero-order valence-electron chi connectivity index (χ0n) is 12.0. The summed E-state index contributed by atoms with van der Waals surface area (Å²) in [7, 11) is 0. The van der Waals surface area contributed by atoms with Crippen LogP contribution < -0.4 is 10.6 Å². The van der Waals surface area contributed by atoms with Gasteiger partial charge in [0.1, 0.15) is 5.82 Å². The molecule has 0 unspecified atom stereocenters. The number of likely N-dealkylation sites (N-methyl/N-ethyl adjacent to an activating group) is 1. The van der Waals surface area contributed by atoms with Gasteiger partial charge in [-0.15, -0.1) is 0 Å². The van der Waals surface area contributed by atoms with E-state index in [0.717, 1.165) is 35.7 Å². The highest BCUT2D eigenvalue weighted by atomic mass is 15.2. The highest BCUT2D eigenvalue weighted by molar-refractivity contribution is 5.44. The van der Waals surface area contributed by atoms with Gasteiger partial charge in [-0.3, -0.25) is 0 Å². The fourth-order valence-corrected chi connectivity index (χ4v) is 1.85. The summed E-state index contributed by atoms with van der Waals surface area (Å²) in [6.07, 6.45) is 0. The van der Waals surface area contributed by atoms with Gasteiger partial charge in [0.15, 0.2) is 0 Å². The van der Waals surface area contributed by atoms with Gasteiger partial charge in [-0.05, 0) is 37.5 Å². The smallest absolute Gasteiger partial charge is 0.129 e. The molecule has 3 nitrogen and oxygen atoms in total. The molecule has 2 N–H and O–H groups in total. The third-order valence-electron chi connectivity index (χ3n) is 2.89. The van der Waals surface area contributed by atoms with E-state index in [1.54, 1.807) is 0 Å². The normalized spacial score (nSPS) is 10.8. The maximum Gasteiger partial charge on any atom is 0.129 e. The van der Waals surface area contributed by atoms with E-state index in [9.17, 15) is 0 Å². The minimum Gasteiger partial charge on any atom is -0.353 e. The topological polar surface area (TPSA) is 42.1 Å². The van der Waals surface area contributed by atoms with Crippen LogP contribution in [-0.2, 0) is 6.54 Å². The SMILES string of the molecule is C=C(C)CN(CC)c1cc(CN)cc(C(C)C)n1. The number of nitrogens with two attached hydrogens (primary N) is 1. The summed E-state index contributed by atoms with van der Waals surface area (Å²) >= 11 is 0. The van der Waals surface area contributed by atoms with Crippen LogP contribution in [-0.4, -0.2) is 18.1 Å². The van der Waals surface area contributed by atoms with Crippen LogP contribution in [0.1, 0.15) is 44.9 Å². The van der Waals surface area contributed by atoms with Gasteiger partial charge in [-0.25, -0.2) is 4.98 Å². The van der Waals surface area contributed by atoms with Gasteiger partial charge in [-0.2, -0.15) is 0 Å². The zero-order chi connectivity index (χ0) is 13.7. The lowest BCUT2D eigenvalue weighted by molar-refractivity contribution is 0.792. The van der Waals surface area contributed by atoms with Crippen molar-refractivity contribution in [3.8, 4) is 0 Å². The van der Waals surface area contributed by atoms with Crippen molar-refractivity contribution in [2.75, 3.05) is 18.0 Å². The first-order valence-electron chi connectivity index (χ1n) is 6.58. The van der Waals surface area contributed by atoms with E-state index < -0.39 is 0 Å². The van der Waals surface area contributed by atoms with Crippen LogP contribution in [0, 0.1) is 0 Å². The van der Waals surface area contributed by atoms with Crippen LogP contribution in [0.5, 0.6) is 0 Å². The van der Waals surface area contributed by atoms with Gasteiger partial charge in [0.25, 0.3) is 0 Å². The predicted octanol–water partition coefficient (Wildman–Crippen LogP) is 3.07. The monoisotopic (exact) mass is 247 g/mol. The molecule has 0 bridgehead atoms. The lowest BCUT2D eigenvalue weighted by atomic mass is 10.1. The average molecular weight is 247 g/mol. The van der Waals surface area contributed by atoms with Gasteiger partial charge >= 0.3 is 0 Å². The van der Waals surface area contributed by atoms with E-state index in [1.165, 1.54) is 0 Å². The second-order valence-corrected chi connectivity index (χ2v) is 5.09. The highest BCUT2D eigenvalue weighted by Gasteiger charge is 2.10. The molecule has 18 heavy (non-hydrogen) atoms. The number of anilines is 1. The van der Waals surface area contributed by atoms with Crippen LogP contribution in [0.4, 0.5) is 5.82 Å². The Morgan fingerprint density at radius 1 is 1.44 bits per heavy atom. The maximum atomic E-state index is 5.77. The van der Waals surface area contributed by atoms with Gasteiger partial charge in [0.2, 0.25) is 0 Å². The molecule has 0 aromatic carbocycles. The molecule has 0 amide bonds. The Morgan fingerprint density at radius 3 is 2.56 bits per heavy atom. The summed E-state index contributed by atoms with van der Waals surface area (Å²) < 4.78 is 0. The summed E-state index contributed by atoms with van der Waals surface area (Å²) in [4.78, 5) is 6.96. The van der Waals surface area contributed by atoms with Crippen molar-refractivity contribution >= 4 is 5.82 Å². The summed E-state index contributed by atoms with van der Waals surface area (Å²) in [6, 6.07) is 4.18. The molecule has 0 aliphatic rings. The van der Waals surface area contributed by atoms with Crippen molar-refractivity contribution in [2.45, 2.75) is 40.2 Å². The van der Waals surface area contributed by atoms with E-state index in [-0.39, 0.29) is 0 Å². The fraction of sp³-hybridized carbons (Fsp3) is 0.533. The summed E-state index contributed by atoms with van der Waals surface area (Å²) in [6.45, 7) is 14.8. The Labute approximate surface area is 111 Å². The van der Waals surface area contributed by atoms with Gasteiger partial charge < -0.3 is 10.6 Å². The van der Waals surface area contributed by atoms with Crippen molar-refractivity contribution in [3.05, 3.63) is 35.5 Å². The first-order valence-corrected chi connectivity index (χ1v) is 6.58. The van der Waals surface area contributed by atoms with Crippen LogP contribution in [0.25, 0.3) is 0 Å². The summed E-state index contributed by atoms with van der Waals surface area (Å²) in [5.74, 6) is 1.42. The lowest BCUT2D eigenvalue weighted by Crippen LogP contribution is -2.26. The average Bonchev–Trinajstić information content (AvgIpc) is 2.34. The molecule has 0 saturated heterocycles. The Hall–Kier alpha value is -1.35. The second-order valence-electron chi connectivity index (χ2n) is 5.09. The quantitative estimate of drug-likeness (QED) is 0.786. The van der Waals surface area contributed by atoms with Crippen LogP contribution >= 0.6 is 0 Å². The van der Waals surface area contributed by atoms with Crippen molar-refractivity contribution in [1.82, 2.24) is 4.98 Å². The Balaban J connectivity index is 3.12. The highest BCUT2D eigenvalue weighted by Crippen LogP contribution is 2.20. The molecule has 0 fully saturated rings. The Morgan fingerprint density at radius 2 is 2.11 bits per heavy atom. The van der Waals surface area contributed by atoms with Crippen LogP contribution in [0.3, 0.4) is 0 Å². The molecular weight excluding hydrogens is 222 g/mol. The van der Waals surface area contributed by atoms with Crippen molar-refractivity contribution < 1.29 is 0 Å². The van der Waals surface area contributed by atoms with Crippen LogP contribution in [0.2, 0.25) is 0 Å². The van der Waals surface area contributed by atoms with E-state index in [0.29, 0.717) is 12.5 Å². The van der Waals surface area contributed by atoms with E-state index in [4.69, 9.17) is 10.7 Å². The third-order valence-corrected chi connectivity index (χ3v) is 2.89. The first kappa shape index (κ1) is 14.7. The zero-order valence-corrected chi connectivity index (χ0v) is 12.0. The van der Waals surface area contributed by atoms with E-state index >= 15 is 0 Å². The molecule has 3 heteroatoms. The molecule has 1 rings (SSSR count). The Kier molecular flexibility index (Phi) is 5.35.